The van der Waals surface area contributed by atoms with E-state index in [1.807, 2.05) is 23.1 Å². The number of carbonyl (C=O) groups is 1. The molecule has 1 fully saturated rings. The third kappa shape index (κ3) is 5.26. The van der Waals surface area contributed by atoms with Gasteiger partial charge in [-0.15, -0.1) is 0 Å². The van der Waals surface area contributed by atoms with Gasteiger partial charge in [-0.3, -0.25) is 9.48 Å². The second kappa shape index (κ2) is 9.14. The molecule has 0 radical (unpaired) electrons. The summed E-state index contributed by atoms with van der Waals surface area (Å²) in [6.45, 7) is 7.58. The average molecular weight is 427 g/mol. The highest BCUT2D eigenvalue weighted by molar-refractivity contribution is 6.56. The molecule has 0 saturated carbocycles. The molecule has 0 atom stereocenters. The number of aromatic nitrogens is 3. The monoisotopic (exact) mass is 427 g/mol. The van der Waals surface area contributed by atoms with E-state index in [0.717, 1.165) is 54.4 Å². The first-order chi connectivity index (χ1) is 15.2. The lowest BCUT2D eigenvalue weighted by Gasteiger charge is -2.32. The molecule has 1 aliphatic heterocycles. The molecule has 1 N–H and O–H groups in total. The van der Waals surface area contributed by atoms with Crippen LogP contribution in [0.15, 0.2) is 42.9 Å². The molecule has 1 aliphatic rings. The van der Waals surface area contributed by atoms with Crippen LogP contribution in [0.1, 0.15) is 26.7 Å². The molecule has 9 heteroatoms. The van der Waals surface area contributed by atoms with Crippen LogP contribution in [0, 0.1) is 11.8 Å². The molecule has 1 amide bonds. The van der Waals surface area contributed by atoms with E-state index >= 15 is 0 Å². The molecule has 3 aromatic rings. The summed E-state index contributed by atoms with van der Waals surface area (Å²) in [4.78, 5) is 19.8. The van der Waals surface area contributed by atoms with Crippen molar-refractivity contribution in [1.82, 2.24) is 19.7 Å². The quantitative estimate of drug-likeness (QED) is 0.594. The van der Waals surface area contributed by atoms with Crippen molar-refractivity contribution in [2.45, 2.75) is 31.9 Å². The van der Waals surface area contributed by atoms with E-state index in [2.05, 4.69) is 82.1 Å². The molecule has 164 valence electrons. The van der Waals surface area contributed by atoms with Gasteiger partial charge in [-0.2, -0.15) is 5.10 Å². The summed E-state index contributed by atoms with van der Waals surface area (Å²) < 4.78 is 1.98. The minimum absolute atomic E-state index is 0.0542. The molecule has 6 nitrogen and oxygen atoms in total. The zero-order chi connectivity index (χ0) is 22.9. The minimum atomic E-state index is -0.0542. The summed E-state index contributed by atoms with van der Waals surface area (Å²) in [5.74, 6) is 1.43. The maximum absolute atomic E-state index is 12.8. The van der Waals surface area contributed by atoms with Gasteiger partial charge in [0.15, 0.2) is 0 Å². The van der Waals surface area contributed by atoms with E-state index in [-0.39, 0.29) is 17.1 Å². The largest absolute Gasteiger partial charge is 0.310 e. The van der Waals surface area contributed by atoms with Gasteiger partial charge in [0.25, 0.3) is 0 Å². The molecule has 1 aromatic carbocycles. The number of likely N-dealkylation sites (tertiary alicyclic amines) is 1. The van der Waals surface area contributed by atoms with E-state index in [4.69, 9.17) is 0 Å². The van der Waals surface area contributed by atoms with Crippen LogP contribution in [0.25, 0.3) is 21.9 Å². The number of nitrogens with one attached hydrogen (secondary N) is 1. The van der Waals surface area contributed by atoms with Crippen LogP contribution in [-0.4, -0.2) is 68.7 Å². The second-order valence-electron chi connectivity index (χ2n) is 10.4. The molecule has 0 unspecified atom stereocenters. The number of anilines is 1. The second-order valence-corrected chi connectivity index (χ2v) is 10.4. The summed E-state index contributed by atoms with van der Waals surface area (Å²) >= 11 is 0. The number of carbonyl (C=O) groups excluding carboxylic acids is 1. The number of hydrogen-bond acceptors (Lipinski definition) is 4. The van der Waals surface area contributed by atoms with Crippen molar-refractivity contribution in [2.24, 2.45) is 11.8 Å². The molecule has 0 spiro atoms. The molecule has 3 heterocycles. The molecular formula is C23H32B3N5O. The standard InChI is InChI=1S/C23H32B3N5O/c1-15(2)13-30-7-5-16(6-8-30)22(32)29-21-10-19-9-17(3-4-18(19)11-27-21)20-12-28-31(14-20)23(24,25)26/h3-4,9-12,14-16H,5-8,13,24-26H2,1-2H3,(H,27,29,32). The molecular weight excluding hydrogens is 395 g/mol. The van der Waals surface area contributed by atoms with Crippen molar-refractivity contribution >= 4 is 46.0 Å². The van der Waals surface area contributed by atoms with E-state index in [9.17, 15) is 4.79 Å². The number of hydrogen-bond donors (Lipinski definition) is 1. The first-order valence-electron chi connectivity index (χ1n) is 11.7. The number of amides is 1. The van der Waals surface area contributed by atoms with Gasteiger partial charge >= 0.3 is 0 Å². The minimum Gasteiger partial charge on any atom is -0.310 e. The van der Waals surface area contributed by atoms with E-state index in [0.29, 0.717) is 11.7 Å². The lowest BCUT2D eigenvalue weighted by molar-refractivity contribution is -0.121. The number of pyridine rings is 1. The third-order valence-corrected chi connectivity index (χ3v) is 6.16. The van der Waals surface area contributed by atoms with Crippen molar-refractivity contribution in [3.63, 3.8) is 0 Å². The third-order valence-electron chi connectivity index (χ3n) is 6.16. The topological polar surface area (TPSA) is 63.1 Å². The van der Waals surface area contributed by atoms with Crippen LogP contribution in [0.3, 0.4) is 0 Å². The van der Waals surface area contributed by atoms with E-state index in [1.165, 1.54) is 0 Å². The number of nitrogens with zero attached hydrogens (tertiary/aromatic N) is 4. The molecule has 2 aromatic heterocycles. The van der Waals surface area contributed by atoms with Crippen LogP contribution in [0.4, 0.5) is 5.82 Å². The fourth-order valence-electron chi connectivity index (χ4n) is 4.35. The Bertz CT molecular complexity index is 1100. The molecule has 1 saturated heterocycles. The van der Waals surface area contributed by atoms with Crippen LogP contribution < -0.4 is 5.32 Å². The normalized spacial score (nSPS) is 16.0. The average Bonchev–Trinajstić information content (AvgIpc) is 3.24. The van der Waals surface area contributed by atoms with Gasteiger partial charge in [0.05, 0.1) is 6.20 Å². The Hall–Kier alpha value is -2.54. The van der Waals surface area contributed by atoms with Crippen LogP contribution in [0.2, 0.25) is 0 Å². The van der Waals surface area contributed by atoms with Crippen LogP contribution in [0.5, 0.6) is 0 Å². The summed E-state index contributed by atoms with van der Waals surface area (Å²) in [5, 5.41) is 9.63. The first-order valence-corrected chi connectivity index (χ1v) is 11.7. The molecule has 0 aliphatic carbocycles. The van der Waals surface area contributed by atoms with Gasteiger partial charge in [0, 0.05) is 35.8 Å². The molecule has 4 rings (SSSR count). The van der Waals surface area contributed by atoms with Gasteiger partial charge in [-0.1, -0.05) is 26.0 Å². The highest BCUT2D eigenvalue weighted by atomic mass is 16.1. The molecule has 0 bridgehead atoms. The lowest BCUT2D eigenvalue weighted by atomic mass is 9.49. The summed E-state index contributed by atoms with van der Waals surface area (Å²) in [6, 6.07) is 8.28. The van der Waals surface area contributed by atoms with Crippen molar-refractivity contribution in [2.75, 3.05) is 25.0 Å². The Morgan fingerprint density at radius 3 is 2.53 bits per heavy atom. The summed E-state index contributed by atoms with van der Waals surface area (Å²) in [7, 11) is 6.41. The maximum atomic E-state index is 12.8. The number of piperidine rings is 1. The van der Waals surface area contributed by atoms with Crippen LogP contribution >= 0.6 is 0 Å². The van der Waals surface area contributed by atoms with Gasteiger partial charge in [-0.05, 0) is 60.2 Å². The fourth-order valence-corrected chi connectivity index (χ4v) is 4.35. The Kier molecular flexibility index (Phi) is 6.47. The molecule has 32 heavy (non-hydrogen) atoms. The van der Waals surface area contributed by atoms with E-state index in [1.54, 1.807) is 0 Å². The van der Waals surface area contributed by atoms with Gasteiger partial charge < -0.3 is 10.2 Å². The summed E-state index contributed by atoms with van der Waals surface area (Å²) in [6.07, 6.45) is 7.64. The predicted molar refractivity (Wildman–Crippen MR) is 139 cm³/mol. The van der Waals surface area contributed by atoms with Crippen molar-refractivity contribution in [3.8, 4) is 11.1 Å². The van der Waals surface area contributed by atoms with E-state index < -0.39 is 0 Å². The Balaban J connectivity index is 1.46. The van der Waals surface area contributed by atoms with Crippen molar-refractivity contribution < 1.29 is 4.79 Å². The zero-order valence-electron chi connectivity index (χ0n) is 19.9. The van der Waals surface area contributed by atoms with Gasteiger partial charge in [0.1, 0.15) is 29.4 Å². The highest BCUT2D eigenvalue weighted by Gasteiger charge is 2.25. The maximum Gasteiger partial charge on any atom is 0.228 e. The number of rotatable bonds is 6. The fraction of sp³-hybridized carbons (Fsp3) is 0.435. The van der Waals surface area contributed by atoms with Gasteiger partial charge in [-0.25, -0.2) is 4.98 Å². The number of fused-ring (bicyclic) bond motifs is 1. The van der Waals surface area contributed by atoms with Gasteiger partial charge in [0.2, 0.25) is 5.91 Å². The smallest absolute Gasteiger partial charge is 0.228 e. The van der Waals surface area contributed by atoms with Crippen molar-refractivity contribution in [1.29, 1.82) is 0 Å². The first kappa shape index (κ1) is 22.7. The Morgan fingerprint density at radius 2 is 1.88 bits per heavy atom. The van der Waals surface area contributed by atoms with Crippen molar-refractivity contribution in [3.05, 3.63) is 42.9 Å². The highest BCUT2D eigenvalue weighted by Crippen LogP contribution is 2.26. The van der Waals surface area contributed by atoms with Crippen LogP contribution in [-0.2, 0) is 10.0 Å². The summed E-state index contributed by atoms with van der Waals surface area (Å²) in [5.41, 5.74) is 2.19. The Morgan fingerprint density at radius 1 is 1.12 bits per heavy atom. The number of benzene rings is 1. The zero-order valence-corrected chi connectivity index (χ0v) is 19.9. The predicted octanol–water partition coefficient (Wildman–Crippen LogP) is 0.872. The Labute approximate surface area is 193 Å². The lowest BCUT2D eigenvalue weighted by Crippen LogP contribution is -2.39. The SMILES string of the molecule is BC(B)(B)n1cc(-c2ccc3cnc(NC(=O)C4CCN(CC(C)C)CC4)cc3c2)cn1.